The second-order valence-electron chi connectivity index (χ2n) is 6.61. The van der Waals surface area contributed by atoms with Crippen molar-refractivity contribution in [1.29, 1.82) is 0 Å². The molecule has 26 heavy (non-hydrogen) atoms. The molecule has 138 valence electrons. The van der Waals surface area contributed by atoms with E-state index in [1.165, 1.54) is 16.9 Å². The molecule has 0 aliphatic heterocycles. The highest BCUT2D eigenvalue weighted by molar-refractivity contribution is 7.15. The van der Waals surface area contributed by atoms with Crippen LogP contribution in [0.1, 0.15) is 41.5 Å². The van der Waals surface area contributed by atoms with Crippen LogP contribution in [0.15, 0.2) is 24.3 Å². The van der Waals surface area contributed by atoms with E-state index in [-0.39, 0.29) is 17.8 Å². The maximum Gasteiger partial charge on any atom is 0.309 e. The third-order valence-corrected chi connectivity index (χ3v) is 5.60. The molecule has 0 saturated carbocycles. The Labute approximate surface area is 157 Å². The number of nitrogens with zero attached hydrogens (tertiary/aromatic N) is 1. The van der Waals surface area contributed by atoms with E-state index in [9.17, 15) is 9.59 Å². The number of esters is 1. The predicted molar refractivity (Wildman–Crippen MR) is 102 cm³/mol. The number of hydrogen-bond donors (Lipinski definition) is 1. The van der Waals surface area contributed by atoms with Crippen molar-refractivity contribution in [3.05, 3.63) is 46.0 Å². The first kappa shape index (κ1) is 18.6. The van der Waals surface area contributed by atoms with Gasteiger partial charge in [-0.1, -0.05) is 29.8 Å². The Morgan fingerprint density at radius 2 is 2.08 bits per heavy atom. The van der Waals surface area contributed by atoms with Gasteiger partial charge in [-0.2, -0.15) is 0 Å². The number of carbonyl (C=O) groups excluding carboxylic acids is 2. The molecule has 0 bridgehead atoms. The van der Waals surface area contributed by atoms with Crippen molar-refractivity contribution < 1.29 is 14.3 Å². The Bertz CT molecular complexity index is 783. The number of benzene rings is 1. The lowest BCUT2D eigenvalue weighted by Crippen LogP contribution is -2.24. The van der Waals surface area contributed by atoms with Crippen LogP contribution in [0.3, 0.4) is 0 Å². The number of anilines is 1. The van der Waals surface area contributed by atoms with Gasteiger partial charge in [0, 0.05) is 11.3 Å². The fraction of sp³-hybridized carbons (Fsp3) is 0.450. The lowest BCUT2D eigenvalue weighted by molar-refractivity contribution is -0.148. The van der Waals surface area contributed by atoms with Gasteiger partial charge in [0.15, 0.2) is 5.13 Å². The minimum atomic E-state index is -0.129. The fourth-order valence-electron chi connectivity index (χ4n) is 3.08. The molecule has 1 heterocycles. The van der Waals surface area contributed by atoms with Crippen LogP contribution in [0.4, 0.5) is 5.13 Å². The van der Waals surface area contributed by atoms with Gasteiger partial charge in [0.2, 0.25) is 5.91 Å². The molecule has 3 rings (SSSR count). The van der Waals surface area contributed by atoms with Crippen molar-refractivity contribution in [2.45, 2.75) is 46.0 Å². The van der Waals surface area contributed by atoms with E-state index in [4.69, 9.17) is 4.74 Å². The summed E-state index contributed by atoms with van der Waals surface area (Å²) in [4.78, 5) is 29.7. The molecule has 0 radical (unpaired) electrons. The summed E-state index contributed by atoms with van der Waals surface area (Å²) in [6.07, 6.45) is 3.32. The lowest BCUT2D eigenvalue weighted by Gasteiger charge is -2.18. The van der Waals surface area contributed by atoms with E-state index >= 15 is 0 Å². The Morgan fingerprint density at radius 1 is 1.31 bits per heavy atom. The maximum atomic E-state index is 12.2. The highest BCUT2D eigenvalue weighted by Gasteiger charge is 2.28. The van der Waals surface area contributed by atoms with Gasteiger partial charge >= 0.3 is 5.97 Å². The van der Waals surface area contributed by atoms with Gasteiger partial charge in [-0.05, 0) is 45.1 Å². The lowest BCUT2D eigenvalue weighted by atomic mass is 9.91. The summed E-state index contributed by atoms with van der Waals surface area (Å²) in [5, 5.41) is 3.54. The molecule has 1 aromatic carbocycles. The topological polar surface area (TPSA) is 68.3 Å². The molecule has 1 unspecified atom stereocenters. The Balaban J connectivity index is 1.54. The van der Waals surface area contributed by atoms with Crippen LogP contribution in [-0.2, 0) is 33.6 Å². The Hall–Kier alpha value is -2.21. The average molecular weight is 372 g/mol. The van der Waals surface area contributed by atoms with Gasteiger partial charge in [0.1, 0.15) is 0 Å². The first-order valence-corrected chi connectivity index (χ1v) is 9.87. The predicted octanol–water partition coefficient (Wildman–Crippen LogP) is 3.69. The van der Waals surface area contributed by atoms with Crippen LogP contribution in [0.2, 0.25) is 0 Å². The number of aromatic nitrogens is 1. The van der Waals surface area contributed by atoms with E-state index in [0.717, 1.165) is 29.0 Å². The largest absolute Gasteiger partial charge is 0.466 e. The van der Waals surface area contributed by atoms with Crippen molar-refractivity contribution in [2.75, 3.05) is 11.9 Å². The van der Waals surface area contributed by atoms with Crippen LogP contribution in [0, 0.1) is 12.8 Å². The number of fused-ring (bicyclic) bond motifs is 1. The molecule has 1 aromatic heterocycles. The highest BCUT2D eigenvalue weighted by Crippen LogP contribution is 2.33. The molecule has 1 atom stereocenters. The molecule has 0 saturated heterocycles. The van der Waals surface area contributed by atoms with E-state index < -0.39 is 0 Å². The molecule has 6 heteroatoms. The number of rotatable bonds is 6. The summed E-state index contributed by atoms with van der Waals surface area (Å²) in [5.74, 6) is -0.248. The molecule has 0 fully saturated rings. The van der Waals surface area contributed by atoms with E-state index in [1.54, 1.807) is 0 Å². The summed E-state index contributed by atoms with van der Waals surface area (Å²) in [5.41, 5.74) is 3.37. The van der Waals surface area contributed by atoms with Crippen molar-refractivity contribution >= 4 is 28.3 Å². The first-order chi connectivity index (χ1) is 12.5. The first-order valence-electron chi connectivity index (χ1n) is 9.05. The number of amides is 1. The minimum absolute atomic E-state index is 0.0291. The summed E-state index contributed by atoms with van der Waals surface area (Å²) in [6, 6.07) is 8.23. The van der Waals surface area contributed by atoms with Crippen molar-refractivity contribution in [3.63, 3.8) is 0 Å². The molecule has 1 aliphatic rings. The zero-order valence-corrected chi connectivity index (χ0v) is 16.0. The van der Waals surface area contributed by atoms with Crippen LogP contribution >= 0.6 is 11.3 Å². The zero-order chi connectivity index (χ0) is 18.5. The van der Waals surface area contributed by atoms with Crippen LogP contribution in [0.5, 0.6) is 0 Å². The van der Waals surface area contributed by atoms with Crippen LogP contribution in [-0.4, -0.2) is 23.5 Å². The quantitative estimate of drug-likeness (QED) is 0.785. The average Bonchev–Trinajstić information content (AvgIpc) is 3.02. The Kier molecular flexibility index (Phi) is 6.04. The SMILES string of the molecule is CCOC(=O)C1CCc2nc(NC(=O)CCc3ccc(C)cc3)sc2C1. The van der Waals surface area contributed by atoms with Crippen LogP contribution < -0.4 is 5.32 Å². The van der Waals surface area contributed by atoms with Crippen molar-refractivity contribution in [3.8, 4) is 0 Å². The maximum absolute atomic E-state index is 12.2. The number of aryl methyl sites for hydroxylation is 3. The van der Waals surface area contributed by atoms with Gasteiger partial charge in [0.05, 0.1) is 18.2 Å². The van der Waals surface area contributed by atoms with E-state index in [0.29, 0.717) is 31.0 Å². The monoisotopic (exact) mass is 372 g/mol. The van der Waals surface area contributed by atoms with Gasteiger partial charge in [-0.25, -0.2) is 4.98 Å². The van der Waals surface area contributed by atoms with Crippen LogP contribution in [0.25, 0.3) is 0 Å². The molecular weight excluding hydrogens is 348 g/mol. The van der Waals surface area contributed by atoms with Gasteiger partial charge in [-0.3, -0.25) is 9.59 Å². The summed E-state index contributed by atoms with van der Waals surface area (Å²) >= 11 is 1.48. The number of ether oxygens (including phenoxy) is 1. The normalized spacial score (nSPS) is 16.0. The molecular formula is C20H24N2O3S. The van der Waals surface area contributed by atoms with Crippen molar-refractivity contribution in [1.82, 2.24) is 4.98 Å². The number of nitrogens with one attached hydrogen (secondary N) is 1. The molecule has 0 spiro atoms. The molecule has 5 nitrogen and oxygen atoms in total. The van der Waals surface area contributed by atoms with Gasteiger partial charge in [0.25, 0.3) is 0 Å². The second kappa shape index (κ2) is 8.45. The van der Waals surface area contributed by atoms with Gasteiger partial charge in [-0.15, -0.1) is 11.3 Å². The summed E-state index contributed by atoms with van der Waals surface area (Å²) in [7, 11) is 0. The molecule has 1 aliphatic carbocycles. The zero-order valence-electron chi connectivity index (χ0n) is 15.2. The van der Waals surface area contributed by atoms with E-state index in [2.05, 4.69) is 34.6 Å². The smallest absolute Gasteiger partial charge is 0.309 e. The third kappa shape index (κ3) is 4.69. The number of carbonyl (C=O) groups is 2. The fourth-order valence-corrected chi connectivity index (χ4v) is 4.19. The third-order valence-electron chi connectivity index (χ3n) is 4.57. The van der Waals surface area contributed by atoms with Crippen molar-refractivity contribution in [2.24, 2.45) is 5.92 Å². The van der Waals surface area contributed by atoms with E-state index in [1.807, 2.05) is 13.8 Å². The minimum Gasteiger partial charge on any atom is -0.466 e. The number of hydrogen-bond acceptors (Lipinski definition) is 5. The standard InChI is InChI=1S/C20H24N2O3S/c1-3-25-19(24)15-9-10-16-17(12-15)26-20(21-16)22-18(23)11-8-14-6-4-13(2)5-7-14/h4-7,15H,3,8-12H2,1-2H3,(H,21,22,23). The number of thiazole rings is 1. The Morgan fingerprint density at radius 3 is 2.81 bits per heavy atom. The summed E-state index contributed by atoms with van der Waals surface area (Å²) < 4.78 is 5.12. The second-order valence-corrected chi connectivity index (χ2v) is 7.70. The van der Waals surface area contributed by atoms with Gasteiger partial charge < -0.3 is 10.1 Å². The molecule has 2 aromatic rings. The summed E-state index contributed by atoms with van der Waals surface area (Å²) in [6.45, 7) is 4.28. The highest BCUT2D eigenvalue weighted by atomic mass is 32.1. The molecule has 1 amide bonds. The molecule has 1 N–H and O–H groups in total.